The van der Waals surface area contributed by atoms with Gasteiger partial charge in [-0.2, -0.15) is 0 Å². The summed E-state index contributed by atoms with van der Waals surface area (Å²) in [5.74, 6) is 0.0746. The highest BCUT2D eigenvalue weighted by atomic mass is 32.2. The highest BCUT2D eigenvalue weighted by Gasteiger charge is 2.01. The molecule has 12 heavy (non-hydrogen) atoms. The number of sulfonamides is 1. The van der Waals surface area contributed by atoms with Crippen LogP contribution in [-0.2, 0) is 10.0 Å². The Bertz CT molecular complexity index is 188. The van der Waals surface area contributed by atoms with E-state index in [0.29, 0.717) is 6.42 Å². The van der Waals surface area contributed by atoms with Gasteiger partial charge < -0.3 is 4.90 Å². The minimum atomic E-state index is -3.25. The van der Waals surface area contributed by atoms with Crippen molar-refractivity contribution in [2.75, 3.05) is 26.4 Å². The van der Waals surface area contributed by atoms with Crippen molar-refractivity contribution in [3.8, 4) is 0 Å². The minimum Gasteiger partial charge on any atom is -0.309 e. The predicted octanol–water partition coefficient (Wildman–Crippen LogP) is 0.0288. The Labute approximate surface area is 75.1 Å². The van der Waals surface area contributed by atoms with Gasteiger partial charge in [-0.05, 0) is 27.1 Å². The molecule has 0 rings (SSSR count). The molecule has 0 atom stereocenters. The van der Waals surface area contributed by atoms with Crippen molar-refractivity contribution < 1.29 is 8.42 Å². The third-order valence-corrected chi connectivity index (χ3v) is 1.89. The van der Waals surface area contributed by atoms with Gasteiger partial charge in [-0.15, -0.1) is 13.2 Å². The number of nitrogens with two attached hydrogens (primary N) is 1. The molecule has 74 valence electrons. The summed E-state index contributed by atoms with van der Waals surface area (Å²) in [6, 6.07) is 0. The molecule has 0 fully saturated rings. The van der Waals surface area contributed by atoms with Gasteiger partial charge >= 0.3 is 0 Å². The maximum Gasteiger partial charge on any atom is 0.209 e. The lowest BCUT2D eigenvalue weighted by atomic mass is 10.5. The smallest absolute Gasteiger partial charge is 0.209 e. The van der Waals surface area contributed by atoms with Gasteiger partial charge in [0.2, 0.25) is 10.0 Å². The zero-order valence-electron chi connectivity index (χ0n) is 7.78. The lowest BCUT2D eigenvalue weighted by Crippen LogP contribution is -2.21. The molecule has 0 aromatic heterocycles. The number of rotatable bonds is 4. The highest BCUT2D eigenvalue weighted by Crippen LogP contribution is 1.86. The third-order valence-electron chi connectivity index (χ3n) is 1.03. The molecule has 0 bridgehead atoms. The van der Waals surface area contributed by atoms with Gasteiger partial charge in [0.05, 0.1) is 5.75 Å². The minimum absolute atomic E-state index is 0.0746. The highest BCUT2D eigenvalue weighted by molar-refractivity contribution is 7.89. The summed E-state index contributed by atoms with van der Waals surface area (Å²) in [6.07, 6.45) is 0.603. The number of hydrogen-bond donors (Lipinski definition) is 1. The van der Waals surface area contributed by atoms with Gasteiger partial charge in [0.1, 0.15) is 0 Å². The SMILES string of the molecule is C=C.CN(C)CCCS(N)(=O)=O. The van der Waals surface area contributed by atoms with Gasteiger partial charge in [0.25, 0.3) is 0 Å². The van der Waals surface area contributed by atoms with Crippen LogP contribution in [0.15, 0.2) is 13.2 Å². The Balaban J connectivity index is 0. The average molecular weight is 194 g/mol. The standard InChI is InChI=1S/C5H14N2O2S.C2H4/c1-7(2)4-3-5-10(6,8)9;1-2/h3-5H2,1-2H3,(H2,6,8,9);1-2H2. The second kappa shape index (κ2) is 7.27. The van der Waals surface area contributed by atoms with Crippen molar-refractivity contribution in [2.24, 2.45) is 5.14 Å². The van der Waals surface area contributed by atoms with Gasteiger partial charge in [-0.3, -0.25) is 0 Å². The van der Waals surface area contributed by atoms with Crippen LogP contribution < -0.4 is 5.14 Å². The first-order valence-electron chi connectivity index (χ1n) is 3.57. The zero-order chi connectivity index (χ0) is 10.2. The summed E-state index contributed by atoms with van der Waals surface area (Å²) in [4.78, 5) is 1.92. The van der Waals surface area contributed by atoms with Crippen LogP contribution >= 0.6 is 0 Å². The fourth-order valence-corrected chi connectivity index (χ4v) is 1.11. The molecular formula is C7H18N2O2S. The van der Waals surface area contributed by atoms with E-state index < -0.39 is 10.0 Å². The Hall–Kier alpha value is -0.390. The molecule has 4 nitrogen and oxygen atoms in total. The second-order valence-corrected chi connectivity index (χ2v) is 4.26. The van der Waals surface area contributed by atoms with E-state index in [2.05, 4.69) is 13.2 Å². The first kappa shape index (κ1) is 14.2. The topological polar surface area (TPSA) is 63.4 Å². The molecule has 0 aromatic rings. The Kier molecular flexibility index (Phi) is 8.57. The molecule has 0 unspecified atom stereocenters. The first-order chi connectivity index (χ1) is 5.42. The van der Waals surface area contributed by atoms with E-state index in [1.165, 1.54) is 0 Å². The number of hydrogen-bond acceptors (Lipinski definition) is 3. The Morgan fingerprint density at radius 2 is 1.75 bits per heavy atom. The molecule has 0 heterocycles. The van der Waals surface area contributed by atoms with E-state index in [9.17, 15) is 8.42 Å². The van der Waals surface area contributed by atoms with Gasteiger partial charge in [-0.25, -0.2) is 13.6 Å². The molecule has 0 aliphatic carbocycles. The lowest BCUT2D eigenvalue weighted by Gasteiger charge is -2.07. The second-order valence-electron chi connectivity index (χ2n) is 2.52. The molecule has 0 aliphatic rings. The first-order valence-corrected chi connectivity index (χ1v) is 5.28. The van der Waals surface area contributed by atoms with E-state index in [1.54, 1.807) is 0 Å². The van der Waals surface area contributed by atoms with Crippen LogP contribution in [0.4, 0.5) is 0 Å². The molecule has 0 saturated heterocycles. The van der Waals surface area contributed by atoms with E-state index in [-0.39, 0.29) is 5.75 Å². The van der Waals surface area contributed by atoms with Crippen molar-refractivity contribution in [1.29, 1.82) is 0 Å². The van der Waals surface area contributed by atoms with Crippen molar-refractivity contribution in [3.63, 3.8) is 0 Å². The summed E-state index contributed by atoms with van der Waals surface area (Å²) >= 11 is 0. The summed E-state index contributed by atoms with van der Waals surface area (Å²) < 4.78 is 20.7. The van der Waals surface area contributed by atoms with Crippen molar-refractivity contribution in [3.05, 3.63) is 13.2 Å². The average Bonchev–Trinajstić information content (AvgIpc) is 1.88. The summed E-state index contributed by atoms with van der Waals surface area (Å²) in [5, 5.41) is 4.78. The van der Waals surface area contributed by atoms with E-state index in [4.69, 9.17) is 5.14 Å². The molecule has 0 aliphatic heterocycles. The number of nitrogens with zero attached hydrogens (tertiary/aromatic N) is 1. The molecule has 5 heteroatoms. The third kappa shape index (κ3) is 16.3. The lowest BCUT2D eigenvalue weighted by molar-refractivity contribution is 0.408. The van der Waals surface area contributed by atoms with E-state index >= 15 is 0 Å². The van der Waals surface area contributed by atoms with Crippen molar-refractivity contribution in [1.82, 2.24) is 4.90 Å². The summed E-state index contributed by atoms with van der Waals surface area (Å²) in [5.41, 5.74) is 0. The van der Waals surface area contributed by atoms with Crippen molar-refractivity contribution in [2.45, 2.75) is 6.42 Å². The van der Waals surface area contributed by atoms with Crippen LogP contribution in [0.2, 0.25) is 0 Å². The molecule has 0 radical (unpaired) electrons. The van der Waals surface area contributed by atoms with Crippen LogP contribution in [0.1, 0.15) is 6.42 Å². The maximum atomic E-state index is 10.4. The monoisotopic (exact) mass is 194 g/mol. The van der Waals surface area contributed by atoms with Crippen LogP contribution in [0.5, 0.6) is 0 Å². The van der Waals surface area contributed by atoms with E-state index in [1.807, 2.05) is 19.0 Å². The van der Waals surface area contributed by atoms with Gasteiger partial charge in [-0.1, -0.05) is 0 Å². The fourth-order valence-electron chi connectivity index (χ4n) is 0.582. The number of primary sulfonamides is 1. The Morgan fingerprint density at radius 3 is 2.00 bits per heavy atom. The zero-order valence-corrected chi connectivity index (χ0v) is 8.60. The van der Waals surface area contributed by atoms with Crippen LogP contribution in [0.3, 0.4) is 0 Å². The molecule has 0 saturated carbocycles. The molecule has 0 amide bonds. The normalized spacial score (nSPS) is 10.7. The van der Waals surface area contributed by atoms with Crippen LogP contribution in [-0.4, -0.2) is 39.7 Å². The predicted molar refractivity (Wildman–Crippen MR) is 52.4 cm³/mol. The van der Waals surface area contributed by atoms with Crippen LogP contribution in [0.25, 0.3) is 0 Å². The summed E-state index contributed by atoms with van der Waals surface area (Å²) in [7, 11) is 0.538. The fraction of sp³-hybridized carbons (Fsp3) is 0.714. The van der Waals surface area contributed by atoms with Gasteiger partial charge in [0, 0.05) is 0 Å². The van der Waals surface area contributed by atoms with E-state index in [0.717, 1.165) is 6.54 Å². The largest absolute Gasteiger partial charge is 0.309 e. The quantitative estimate of drug-likeness (QED) is 0.642. The molecule has 0 aromatic carbocycles. The summed E-state index contributed by atoms with van der Waals surface area (Å²) in [6.45, 7) is 6.76. The Morgan fingerprint density at radius 1 is 1.33 bits per heavy atom. The van der Waals surface area contributed by atoms with Crippen LogP contribution in [0, 0.1) is 0 Å². The maximum absolute atomic E-state index is 10.4. The molecular weight excluding hydrogens is 176 g/mol. The van der Waals surface area contributed by atoms with Crippen molar-refractivity contribution >= 4 is 10.0 Å². The molecule has 2 N–H and O–H groups in total. The van der Waals surface area contributed by atoms with Gasteiger partial charge in [0.15, 0.2) is 0 Å². The molecule has 0 spiro atoms.